The van der Waals surface area contributed by atoms with Crippen LogP contribution in [-0.2, 0) is 0 Å². The predicted molar refractivity (Wildman–Crippen MR) is 99.4 cm³/mol. The zero-order chi connectivity index (χ0) is 16.9. The Balaban J connectivity index is 1.42. The summed E-state index contributed by atoms with van der Waals surface area (Å²) in [4.78, 5) is 13.1. The summed E-state index contributed by atoms with van der Waals surface area (Å²) in [7, 11) is 0. The van der Waals surface area contributed by atoms with Crippen LogP contribution in [0.2, 0.25) is 0 Å². The highest BCUT2D eigenvalue weighted by atomic mass is 15.3. The molecule has 1 saturated heterocycles. The normalized spacial score (nSPS) is 17.4. The predicted octanol–water partition coefficient (Wildman–Crippen LogP) is 2.49. The van der Waals surface area contributed by atoms with E-state index in [1.807, 2.05) is 12.1 Å². The zero-order valence-corrected chi connectivity index (χ0v) is 14.0. The van der Waals surface area contributed by atoms with E-state index >= 15 is 0 Å². The zero-order valence-electron chi connectivity index (χ0n) is 14.0. The summed E-state index contributed by atoms with van der Waals surface area (Å²) < 4.78 is 0. The first-order chi connectivity index (χ1) is 12.4. The third-order valence-corrected chi connectivity index (χ3v) is 4.37. The molecular weight excluding hydrogens is 312 g/mol. The van der Waals surface area contributed by atoms with Gasteiger partial charge in [0.25, 0.3) is 0 Å². The van der Waals surface area contributed by atoms with Gasteiger partial charge in [-0.2, -0.15) is 0 Å². The summed E-state index contributed by atoms with van der Waals surface area (Å²) in [6, 6.07) is 5.94. The maximum atomic E-state index is 4.43. The molecule has 6 heteroatoms. The lowest BCUT2D eigenvalue weighted by Gasteiger charge is -2.35. The first-order valence-corrected chi connectivity index (χ1v) is 8.54. The van der Waals surface area contributed by atoms with E-state index < -0.39 is 0 Å². The van der Waals surface area contributed by atoms with Gasteiger partial charge in [0, 0.05) is 44.1 Å². The van der Waals surface area contributed by atoms with Gasteiger partial charge in [-0.05, 0) is 24.6 Å². The van der Waals surface area contributed by atoms with Crippen LogP contribution in [0.25, 0.3) is 5.57 Å². The number of aromatic nitrogens is 4. The monoisotopic (exact) mass is 332 g/mol. The molecule has 1 aliphatic carbocycles. The Labute approximate surface area is 147 Å². The van der Waals surface area contributed by atoms with Gasteiger partial charge in [0.2, 0.25) is 5.95 Å². The summed E-state index contributed by atoms with van der Waals surface area (Å²) in [5, 5.41) is 8.85. The molecule has 0 bridgehead atoms. The SMILES string of the molecule is C1=CCC=CC(c2ccc(N3CCN(c4ncccn4)CC3)nn2)=C1. The highest BCUT2D eigenvalue weighted by Gasteiger charge is 2.20. The molecule has 3 heterocycles. The molecule has 2 aliphatic rings. The number of rotatable bonds is 3. The molecule has 0 saturated carbocycles. The average molecular weight is 332 g/mol. The number of allylic oxidation sites excluding steroid dienone is 6. The summed E-state index contributed by atoms with van der Waals surface area (Å²) >= 11 is 0. The number of hydrogen-bond acceptors (Lipinski definition) is 6. The maximum Gasteiger partial charge on any atom is 0.225 e. The lowest BCUT2D eigenvalue weighted by molar-refractivity contribution is 0.631. The number of piperazine rings is 1. The summed E-state index contributed by atoms with van der Waals surface area (Å²) in [6.45, 7) is 3.54. The van der Waals surface area contributed by atoms with E-state index in [0.29, 0.717) is 0 Å². The van der Waals surface area contributed by atoms with Gasteiger partial charge in [0.1, 0.15) is 0 Å². The van der Waals surface area contributed by atoms with Gasteiger partial charge in [0.05, 0.1) is 5.69 Å². The Kier molecular flexibility index (Phi) is 4.50. The molecule has 126 valence electrons. The fraction of sp³-hybridized carbons (Fsp3) is 0.263. The van der Waals surface area contributed by atoms with Crippen molar-refractivity contribution in [3.8, 4) is 0 Å². The molecule has 6 nitrogen and oxygen atoms in total. The molecule has 0 aromatic carbocycles. The van der Waals surface area contributed by atoms with Gasteiger partial charge < -0.3 is 9.80 Å². The molecule has 0 radical (unpaired) electrons. The Morgan fingerprint density at radius 3 is 2.40 bits per heavy atom. The molecule has 0 amide bonds. The summed E-state index contributed by atoms with van der Waals surface area (Å²) in [6.07, 6.45) is 15.0. The Morgan fingerprint density at radius 1 is 0.840 bits per heavy atom. The second-order valence-electron chi connectivity index (χ2n) is 5.99. The average Bonchev–Trinajstić information content (AvgIpc) is 2.99. The van der Waals surface area contributed by atoms with Crippen LogP contribution in [0, 0.1) is 0 Å². The van der Waals surface area contributed by atoms with Crippen molar-refractivity contribution < 1.29 is 0 Å². The first-order valence-electron chi connectivity index (χ1n) is 8.54. The minimum Gasteiger partial charge on any atom is -0.352 e. The van der Waals surface area contributed by atoms with Crippen molar-refractivity contribution in [1.82, 2.24) is 20.2 Å². The van der Waals surface area contributed by atoms with Gasteiger partial charge in [-0.15, -0.1) is 10.2 Å². The van der Waals surface area contributed by atoms with Gasteiger partial charge in [-0.1, -0.05) is 30.4 Å². The maximum absolute atomic E-state index is 4.43. The smallest absolute Gasteiger partial charge is 0.225 e. The third kappa shape index (κ3) is 3.57. The van der Waals surface area contributed by atoms with Crippen molar-refractivity contribution >= 4 is 17.3 Å². The van der Waals surface area contributed by atoms with Crippen molar-refractivity contribution in [2.75, 3.05) is 36.0 Å². The van der Waals surface area contributed by atoms with E-state index in [2.05, 4.69) is 66.4 Å². The van der Waals surface area contributed by atoms with Crippen LogP contribution in [0.15, 0.2) is 61.0 Å². The second kappa shape index (κ2) is 7.25. The lowest BCUT2D eigenvalue weighted by atomic mass is 10.1. The minimum atomic E-state index is 0.795. The Hall–Kier alpha value is -3.02. The summed E-state index contributed by atoms with van der Waals surface area (Å²) in [5.41, 5.74) is 2.00. The van der Waals surface area contributed by atoms with Gasteiger partial charge >= 0.3 is 0 Å². The lowest BCUT2D eigenvalue weighted by Crippen LogP contribution is -2.47. The van der Waals surface area contributed by atoms with Crippen LogP contribution in [0.1, 0.15) is 12.1 Å². The van der Waals surface area contributed by atoms with Crippen LogP contribution in [0.5, 0.6) is 0 Å². The quantitative estimate of drug-likeness (QED) is 0.861. The van der Waals surface area contributed by atoms with Crippen molar-refractivity contribution in [2.45, 2.75) is 6.42 Å². The van der Waals surface area contributed by atoms with Crippen LogP contribution >= 0.6 is 0 Å². The molecule has 0 spiro atoms. The number of hydrogen-bond donors (Lipinski definition) is 0. The number of anilines is 2. The molecule has 1 fully saturated rings. The summed E-state index contributed by atoms with van der Waals surface area (Å²) in [5.74, 6) is 1.72. The van der Waals surface area contributed by atoms with Gasteiger partial charge in [0.15, 0.2) is 5.82 Å². The van der Waals surface area contributed by atoms with E-state index in [-0.39, 0.29) is 0 Å². The van der Waals surface area contributed by atoms with Crippen molar-refractivity contribution in [3.63, 3.8) is 0 Å². The van der Waals surface area contributed by atoms with Crippen LogP contribution < -0.4 is 9.80 Å². The van der Waals surface area contributed by atoms with E-state index in [4.69, 9.17) is 0 Å². The minimum absolute atomic E-state index is 0.795. The molecular formula is C19H20N6. The first kappa shape index (κ1) is 15.5. The van der Waals surface area contributed by atoms with E-state index in [1.54, 1.807) is 12.4 Å². The van der Waals surface area contributed by atoms with Crippen molar-refractivity contribution in [1.29, 1.82) is 0 Å². The molecule has 4 rings (SSSR count). The molecule has 0 N–H and O–H groups in total. The van der Waals surface area contributed by atoms with Crippen LogP contribution in [0.4, 0.5) is 11.8 Å². The molecule has 25 heavy (non-hydrogen) atoms. The molecule has 1 aliphatic heterocycles. The van der Waals surface area contributed by atoms with E-state index in [9.17, 15) is 0 Å². The topological polar surface area (TPSA) is 58.0 Å². The fourth-order valence-corrected chi connectivity index (χ4v) is 2.99. The second-order valence-corrected chi connectivity index (χ2v) is 5.99. The molecule has 0 atom stereocenters. The highest BCUT2D eigenvalue weighted by Crippen LogP contribution is 2.19. The number of nitrogens with zero attached hydrogens (tertiary/aromatic N) is 6. The van der Waals surface area contributed by atoms with Gasteiger partial charge in [-0.25, -0.2) is 9.97 Å². The van der Waals surface area contributed by atoms with Crippen LogP contribution in [-0.4, -0.2) is 46.3 Å². The largest absolute Gasteiger partial charge is 0.352 e. The Morgan fingerprint density at radius 2 is 1.64 bits per heavy atom. The third-order valence-electron chi connectivity index (χ3n) is 4.37. The van der Waals surface area contributed by atoms with E-state index in [0.717, 1.165) is 55.6 Å². The van der Waals surface area contributed by atoms with Crippen molar-refractivity contribution in [2.24, 2.45) is 0 Å². The van der Waals surface area contributed by atoms with Gasteiger partial charge in [-0.3, -0.25) is 0 Å². The van der Waals surface area contributed by atoms with Crippen LogP contribution in [0.3, 0.4) is 0 Å². The molecule has 0 unspecified atom stereocenters. The Bertz CT molecular complexity index is 786. The molecule has 2 aromatic rings. The highest BCUT2D eigenvalue weighted by molar-refractivity contribution is 5.73. The standard InChI is InChI=1S/C19H20N6/c1-2-4-7-16(6-3-1)17-8-9-18(23-22-17)24-12-14-25(15-13-24)19-20-10-5-11-21-19/h1,3-11H,2,12-15H2. The van der Waals surface area contributed by atoms with E-state index in [1.165, 1.54) is 0 Å². The van der Waals surface area contributed by atoms with Crippen molar-refractivity contribution in [3.05, 3.63) is 66.7 Å². The fourth-order valence-electron chi connectivity index (χ4n) is 2.99. The molecule has 2 aromatic heterocycles.